The van der Waals surface area contributed by atoms with Crippen LogP contribution in [0.1, 0.15) is 47.5 Å². The van der Waals surface area contributed by atoms with Crippen LogP contribution in [0.3, 0.4) is 0 Å². The van der Waals surface area contributed by atoms with E-state index in [9.17, 15) is 14.4 Å². The van der Waals surface area contributed by atoms with Gasteiger partial charge < -0.3 is 19.9 Å². The number of alkyl carbamates (subject to hydrolysis) is 1. The molecule has 0 heterocycles. The van der Waals surface area contributed by atoms with Gasteiger partial charge in [-0.1, -0.05) is 13.8 Å². The van der Waals surface area contributed by atoms with E-state index in [0.29, 0.717) is 0 Å². The molecule has 0 spiro atoms. The van der Waals surface area contributed by atoms with Crippen LogP contribution in [0.15, 0.2) is 0 Å². The van der Waals surface area contributed by atoms with Crippen LogP contribution in [-0.4, -0.2) is 41.9 Å². The summed E-state index contributed by atoms with van der Waals surface area (Å²) in [5, 5.41) is 11.2. The van der Waals surface area contributed by atoms with Crippen molar-refractivity contribution in [2.75, 3.05) is 7.11 Å². The number of methoxy groups -OCH3 is 1. The van der Waals surface area contributed by atoms with Gasteiger partial charge in [-0.05, 0) is 32.6 Å². The molecule has 0 rings (SSSR count). The second-order valence-corrected chi connectivity index (χ2v) is 6.48. The van der Waals surface area contributed by atoms with E-state index >= 15 is 0 Å². The molecule has 0 fully saturated rings. The number of carbonyl (C=O) groups excluding carboxylic acids is 2. The van der Waals surface area contributed by atoms with Gasteiger partial charge in [-0.2, -0.15) is 0 Å². The number of hydrogen-bond acceptors (Lipinski definition) is 5. The van der Waals surface area contributed by atoms with Crippen LogP contribution in [0, 0.1) is 5.41 Å². The first-order chi connectivity index (χ1) is 9.39. The highest BCUT2D eigenvalue weighted by atomic mass is 16.6. The van der Waals surface area contributed by atoms with Crippen molar-refractivity contribution in [2.24, 2.45) is 5.41 Å². The lowest BCUT2D eigenvalue weighted by atomic mass is 9.80. The standard InChI is InChI=1S/C14H25NO6/c1-13(2,3)21-12(19)15-10(11(18)20-6)14(4,5)8-7-9(16)17/h10H,7-8H2,1-6H3,(H,15,19)(H,16,17)/t10-/m0/s1. The van der Waals surface area contributed by atoms with Gasteiger partial charge in [0.05, 0.1) is 7.11 Å². The normalized spacial score (nSPS) is 13.2. The predicted octanol–water partition coefficient (Wildman–Crippen LogP) is 1.94. The minimum atomic E-state index is -0.989. The fraction of sp³-hybridized carbons (Fsp3) is 0.786. The summed E-state index contributed by atoms with van der Waals surface area (Å²) in [7, 11) is 1.21. The number of nitrogens with one attached hydrogen (secondary N) is 1. The molecule has 0 aliphatic carbocycles. The third-order valence-corrected chi connectivity index (χ3v) is 2.86. The molecule has 0 aromatic rings. The van der Waals surface area contributed by atoms with Gasteiger partial charge in [-0.3, -0.25) is 4.79 Å². The first kappa shape index (κ1) is 19.2. The Morgan fingerprint density at radius 1 is 1.14 bits per heavy atom. The highest BCUT2D eigenvalue weighted by Gasteiger charge is 2.38. The molecular formula is C14H25NO6. The number of carboxylic acids is 1. The van der Waals surface area contributed by atoms with Crippen molar-refractivity contribution in [3.05, 3.63) is 0 Å². The fourth-order valence-corrected chi connectivity index (χ4v) is 1.69. The molecule has 0 aromatic carbocycles. The molecule has 0 saturated carbocycles. The number of esters is 1. The lowest BCUT2D eigenvalue weighted by molar-refractivity contribution is -0.147. The smallest absolute Gasteiger partial charge is 0.408 e. The second kappa shape index (κ2) is 7.28. The lowest BCUT2D eigenvalue weighted by Gasteiger charge is -2.33. The van der Waals surface area contributed by atoms with Gasteiger partial charge in [0.2, 0.25) is 0 Å². The quantitative estimate of drug-likeness (QED) is 0.727. The lowest BCUT2D eigenvalue weighted by Crippen LogP contribution is -2.52. The van der Waals surface area contributed by atoms with E-state index in [1.807, 2.05) is 0 Å². The van der Waals surface area contributed by atoms with Crippen molar-refractivity contribution < 1.29 is 29.0 Å². The van der Waals surface area contributed by atoms with E-state index in [1.54, 1.807) is 34.6 Å². The van der Waals surface area contributed by atoms with E-state index in [4.69, 9.17) is 9.84 Å². The summed E-state index contributed by atoms with van der Waals surface area (Å²) in [6.45, 7) is 8.49. The maximum absolute atomic E-state index is 11.9. The molecule has 0 saturated heterocycles. The molecule has 122 valence electrons. The number of amides is 1. The Morgan fingerprint density at radius 3 is 2.05 bits per heavy atom. The molecule has 0 aliphatic heterocycles. The summed E-state index contributed by atoms with van der Waals surface area (Å²) in [5.41, 5.74) is -1.49. The van der Waals surface area contributed by atoms with Crippen LogP contribution < -0.4 is 5.32 Å². The molecule has 0 radical (unpaired) electrons. The zero-order valence-corrected chi connectivity index (χ0v) is 13.5. The first-order valence-corrected chi connectivity index (χ1v) is 6.68. The maximum atomic E-state index is 11.9. The van der Waals surface area contributed by atoms with Gasteiger partial charge in [-0.15, -0.1) is 0 Å². The minimum Gasteiger partial charge on any atom is -0.481 e. The zero-order chi connectivity index (χ0) is 16.8. The van der Waals surface area contributed by atoms with Crippen LogP contribution >= 0.6 is 0 Å². The van der Waals surface area contributed by atoms with Crippen molar-refractivity contribution in [1.82, 2.24) is 5.32 Å². The molecular weight excluding hydrogens is 278 g/mol. The third-order valence-electron chi connectivity index (χ3n) is 2.86. The summed E-state index contributed by atoms with van der Waals surface area (Å²) in [4.78, 5) is 34.4. The molecule has 2 N–H and O–H groups in total. The van der Waals surface area contributed by atoms with Gasteiger partial charge >= 0.3 is 18.0 Å². The molecule has 1 amide bonds. The Bertz CT molecular complexity index is 397. The van der Waals surface area contributed by atoms with Crippen LogP contribution in [-0.2, 0) is 19.1 Å². The van der Waals surface area contributed by atoms with Gasteiger partial charge in [0, 0.05) is 6.42 Å². The first-order valence-electron chi connectivity index (χ1n) is 6.68. The highest BCUT2D eigenvalue weighted by Crippen LogP contribution is 2.28. The number of ether oxygens (including phenoxy) is 2. The topological polar surface area (TPSA) is 102 Å². The predicted molar refractivity (Wildman–Crippen MR) is 75.8 cm³/mol. The maximum Gasteiger partial charge on any atom is 0.408 e. The van der Waals surface area contributed by atoms with Crippen LogP contribution in [0.5, 0.6) is 0 Å². The minimum absolute atomic E-state index is 0.115. The van der Waals surface area contributed by atoms with Crippen molar-refractivity contribution in [3.8, 4) is 0 Å². The van der Waals surface area contributed by atoms with Crippen molar-refractivity contribution in [3.63, 3.8) is 0 Å². The van der Waals surface area contributed by atoms with E-state index < -0.39 is 35.1 Å². The van der Waals surface area contributed by atoms with Gasteiger partial charge in [0.25, 0.3) is 0 Å². The Balaban J connectivity index is 4.99. The number of aliphatic carboxylic acids is 1. The highest BCUT2D eigenvalue weighted by molar-refractivity contribution is 5.82. The summed E-state index contributed by atoms with van der Waals surface area (Å²) in [6.07, 6.45) is -0.657. The van der Waals surface area contributed by atoms with E-state index in [2.05, 4.69) is 10.1 Å². The number of hydrogen-bond donors (Lipinski definition) is 2. The summed E-state index contributed by atoms with van der Waals surface area (Å²) in [5.74, 6) is -1.61. The Morgan fingerprint density at radius 2 is 1.67 bits per heavy atom. The largest absolute Gasteiger partial charge is 0.481 e. The molecule has 7 heteroatoms. The van der Waals surface area contributed by atoms with Gasteiger partial charge in [-0.25, -0.2) is 9.59 Å². The number of carboxylic acid groups (broad SMARTS) is 1. The second-order valence-electron chi connectivity index (χ2n) is 6.48. The van der Waals surface area contributed by atoms with Crippen LogP contribution in [0.25, 0.3) is 0 Å². The fourth-order valence-electron chi connectivity index (χ4n) is 1.69. The molecule has 7 nitrogen and oxygen atoms in total. The average Bonchev–Trinajstić information content (AvgIpc) is 2.30. The van der Waals surface area contributed by atoms with E-state index in [1.165, 1.54) is 7.11 Å². The molecule has 0 bridgehead atoms. The van der Waals surface area contributed by atoms with Crippen molar-refractivity contribution >= 4 is 18.0 Å². The summed E-state index contributed by atoms with van der Waals surface area (Å²) < 4.78 is 9.79. The van der Waals surface area contributed by atoms with Gasteiger partial charge in [0.15, 0.2) is 0 Å². The summed E-state index contributed by atoms with van der Waals surface area (Å²) >= 11 is 0. The van der Waals surface area contributed by atoms with Crippen LogP contribution in [0.4, 0.5) is 4.79 Å². The molecule has 0 aromatic heterocycles. The van der Waals surface area contributed by atoms with Gasteiger partial charge in [0.1, 0.15) is 11.6 Å². The van der Waals surface area contributed by atoms with Crippen LogP contribution in [0.2, 0.25) is 0 Å². The molecule has 1 atom stereocenters. The van der Waals surface area contributed by atoms with Crippen molar-refractivity contribution in [2.45, 2.75) is 59.1 Å². The van der Waals surface area contributed by atoms with E-state index in [-0.39, 0.29) is 12.8 Å². The van der Waals surface area contributed by atoms with Crippen molar-refractivity contribution in [1.29, 1.82) is 0 Å². The zero-order valence-electron chi connectivity index (χ0n) is 13.5. The van der Waals surface area contributed by atoms with E-state index in [0.717, 1.165) is 0 Å². The molecule has 0 unspecified atom stereocenters. The average molecular weight is 303 g/mol. The Kier molecular flexibility index (Phi) is 6.66. The monoisotopic (exact) mass is 303 g/mol. The molecule has 21 heavy (non-hydrogen) atoms. The Hall–Kier alpha value is -1.79. The molecule has 0 aliphatic rings. The Labute approximate surface area is 125 Å². The summed E-state index contributed by atoms with van der Waals surface area (Å²) in [6, 6.07) is -0.989. The SMILES string of the molecule is COC(=O)[C@H](NC(=O)OC(C)(C)C)C(C)(C)CCC(=O)O. The number of rotatable bonds is 6. The third kappa shape index (κ3) is 7.53. The number of carbonyl (C=O) groups is 3.